The predicted molar refractivity (Wildman–Crippen MR) is 91.7 cm³/mol. The first-order valence-corrected chi connectivity index (χ1v) is 7.70. The number of carbonyl (C=O) groups excluding carboxylic acids is 1. The molecule has 0 saturated carbocycles. The molecule has 122 valence electrons. The lowest BCUT2D eigenvalue weighted by atomic mass is 10.2. The number of ether oxygens (including phenoxy) is 1. The lowest BCUT2D eigenvalue weighted by Crippen LogP contribution is -2.30. The van der Waals surface area contributed by atoms with Crippen molar-refractivity contribution in [1.29, 1.82) is 0 Å². The van der Waals surface area contributed by atoms with Gasteiger partial charge in [0.2, 0.25) is 5.91 Å². The minimum Gasteiger partial charge on any atom is -0.497 e. The van der Waals surface area contributed by atoms with Crippen LogP contribution >= 0.6 is 0 Å². The Labute approximate surface area is 137 Å². The maximum Gasteiger partial charge on any atom is 0.224 e. The van der Waals surface area contributed by atoms with Crippen molar-refractivity contribution in [3.63, 3.8) is 0 Å². The largest absolute Gasteiger partial charge is 0.497 e. The van der Waals surface area contributed by atoms with Gasteiger partial charge >= 0.3 is 0 Å². The zero-order chi connectivity index (χ0) is 16.5. The van der Waals surface area contributed by atoms with Gasteiger partial charge in [-0.25, -0.2) is 0 Å². The summed E-state index contributed by atoms with van der Waals surface area (Å²) in [6, 6.07) is 11.6. The van der Waals surface area contributed by atoms with Gasteiger partial charge in [0.25, 0.3) is 0 Å². The Hall–Kier alpha value is -2.56. The summed E-state index contributed by atoms with van der Waals surface area (Å²) in [5, 5.41) is 3.24. The van der Waals surface area contributed by atoms with Crippen molar-refractivity contribution < 1.29 is 9.53 Å². The second-order valence-corrected chi connectivity index (χ2v) is 5.33. The average Bonchev–Trinajstić information content (AvgIpc) is 2.60. The van der Waals surface area contributed by atoms with Gasteiger partial charge in [-0.1, -0.05) is 6.07 Å². The molecule has 0 fully saturated rings. The van der Waals surface area contributed by atoms with E-state index in [0.29, 0.717) is 19.5 Å². The number of likely N-dealkylation sites (N-methyl/N-ethyl adjacent to an activating group) is 1. The Morgan fingerprint density at radius 2 is 2.04 bits per heavy atom. The highest BCUT2D eigenvalue weighted by molar-refractivity contribution is 5.76. The van der Waals surface area contributed by atoms with Crippen molar-refractivity contribution in [1.82, 2.24) is 9.88 Å². The van der Waals surface area contributed by atoms with Crippen LogP contribution in [0.2, 0.25) is 0 Å². The van der Waals surface area contributed by atoms with Crippen molar-refractivity contribution in [3.05, 3.63) is 54.4 Å². The summed E-state index contributed by atoms with van der Waals surface area (Å²) in [7, 11) is 3.48. The fraction of sp³-hybridized carbons (Fsp3) is 0.333. The summed E-state index contributed by atoms with van der Waals surface area (Å²) in [6.07, 6.45) is 4.85. The second-order valence-electron chi connectivity index (χ2n) is 5.33. The second kappa shape index (κ2) is 8.78. The number of nitrogens with zero attached hydrogens (tertiary/aromatic N) is 2. The van der Waals surface area contributed by atoms with Crippen LogP contribution in [0.1, 0.15) is 12.0 Å². The number of benzene rings is 1. The number of rotatable bonds is 8. The van der Waals surface area contributed by atoms with E-state index >= 15 is 0 Å². The molecule has 0 spiro atoms. The number of nitrogens with one attached hydrogen (secondary N) is 1. The first-order valence-electron chi connectivity index (χ1n) is 7.70. The minimum atomic E-state index is 0.134. The van der Waals surface area contributed by atoms with E-state index in [-0.39, 0.29) is 5.91 Å². The van der Waals surface area contributed by atoms with Crippen LogP contribution < -0.4 is 10.1 Å². The molecule has 0 unspecified atom stereocenters. The first-order chi connectivity index (χ1) is 11.2. The number of amides is 1. The van der Waals surface area contributed by atoms with Crippen LogP contribution in [0.15, 0.2) is 48.8 Å². The van der Waals surface area contributed by atoms with Gasteiger partial charge in [-0.2, -0.15) is 0 Å². The van der Waals surface area contributed by atoms with E-state index in [1.807, 2.05) is 43.4 Å². The zero-order valence-electron chi connectivity index (χ0n) is 13.7. The summed E-state index contributed by atoms with van der Waals surface area (Å²) in [5.41, 5.74) is 2.14. The van der Waals surface area contributed by atoms with E-state index in [0.717, 1.165) is 17.9 Å². The van der Waals surface area contributed by atoms with Crippen LogP contribution in [0.5, 0.6) is 5.75 Å². The van der Waals surface area contributed by atoms with Crippen LogP contribution in [0.25, 0.3) is 0 Å². The number of hydrogen-bond acceptors (Lipinski definition) is 4. The third-order valence-corrected chi connectivity index (χ3v) is 3.65. The predicted octanol–water partition coefficient (Wildman–Crippen LogP) is 2.59. The van der Waals surface area contributed by atoms with Gasteiger partial charge in [-0.15, -0.1) is 0 Å². The van der Waals surface area contributed by atoms with Crippen LogP contribution in [-0.2, 0) is 11.2 Å². The van der Waals surface area contributed by atoms with Crippen LogP contribution in [0.3, 0.4) is 0 Å². The van der Waals surface area contributed by atoms with Gasteiger partial charge in [0, 0.05) is 50.7 Å². The summed E-state index contributed by atoms with van der Waals surface area (Å²) in [6.45, 7) is 1.31. The average molecular weight is 313 g/mol. The third kappa shape index (κ3) is 5.62. The molecular weight excluding hydrogens is 290 g/mol. The molecule has 1 N–H and O–H groups in total. The molecule has 1 aromatic heterocycles. The summed E-state index contributed by atoms with van der Waals surface area (Å²) >= 11 is 0. The third-order valence-electron chi connectivity index (χ3n) is 3.65. The molecule has 0 aliphatic heterocycles. The molecule has 2 rings (SSSR count). The molecule has 0 aliphatic rings. The molecule has 1 aromatic carbocycles. The van der Waals surface area contributed by atoms with Gasteiger partial charge in [-0.3, -0.25) is 9.78 Å². The number of pyridine rings is 1. The van der Waals surface area contributed by atoms with Crippen LogP contribution in [0.4, 0.5) is 5.69 Å². The minimum absolute atomic E-state index is 0.134. The van der Waals surface area contributed by atoms with E-state index in [1.165, 1.54) is 5.56 Å². The van der Waals surface area contributed by atoms with Crippen LogP contribution in [0, 0.1) is 0 Å². The van der Waals surface area contributed by atoms with E-state index in [2.05, 4.69) is 10.3 Å². The van der Waals surface area contributed by atoms with Crippen molar-refractivity contribution >= 4 is 11.6 Å². The molecular formula is C18H23N3O2. The van der Waals surface area contributed by atoms with Gasteiger partial charge in [0.05, 0.1) is 7.11 Å². The number of carbonyl (C=O) groups is 1. The SMILES string of the molecule is COc1cccc(NCCC(=O)N(C)CCc2ccncc2)c1. The molecule has 0 bridgehead atoms. The highest BCUT2D eigenvalue weighted by atomic mass is 16.5. The lowest BCUT2D eigenvalue weighted by molar-refractivity contribution is -0.129. The molecule has 0 radical (unpaired) electrons. The Morgan fingerprint density at radius 3 is 2.78 bits per heavy atom. The van der Waals surface area contributed by atoms with Crippen molar-refractivity contribution in [2.75, 3.05) is 32.6 Å². The van der Waals surface area contributed by atoms with Gasteiger partial charge in [0.1, 0.15) is 5.75 Å². The summed E-state index contributed by atoms with van der Waals surface area (Å²) in [5.74, 6) is 0.935. The fourth-order valence-electron chi connectivity index (χ4n) is 2.21. The standard InChI is InChI=1S/C18H23N3O2/c1-21(13-9-15-6-10-19-11-7-15)18(22)8-12-20-16-4-3-5-17(14-16)23-2/h3-7,10-11,14,20H,8-9,12-13H2,1-2H3. The fourth-order valence-corrected chi connectivity index (χ4v) is 2.21. The quantitative estimate of drug-likeness (QED) is 0.814. The van der Waals surface area contributed by atoms with Crippen molar-refractivity contribution in [3.8, 4) is 5.75 Å². The Balaban J connectivity index is 1.71. The Morgan fingerprint density at radius 1 is 1.26 bits per heavy atom. The molecule has 0 saturated heterocycles. The summed E-state index contributed by atoms with van der Waals surface area (Å²) < 4.78 is 5.17. The first kappa shape index (κ1) is 16.8. The highest BCUT2D eigenvalue weighted by Gasteiger charge is 2.08. The van der Waals surface area contributed by atoms with E-state index in [1.54, 1.807) is 24.4 Å². The monoisotopic (exact) mass is 313 g/mol. The number of anilines is 1. The van der Waals surface area contributed by atoms with E-state index in [9.17, 15) is 4.79 Å². The lowest BCUT2D eigenvalue weighted by Gasteiger charge is -2.17. The van der Waals surface area contributed by atoms with E-state index < -0.39 is 0 Å². The topological polar surface area (TPSA) is 54.5 Å². The summed E-state index contributed by atoms with van der Waals surface area (Å²) in [4.78, 5) is 17.9. The van der Waals surface area contributed by atoms with Crippen LogP contribution in [-0.4, -0.2) is 43.0 Å². The van der Waals surface area contributed by atoms with Crippen molar-refractivity contribution in [2.45, 2.75) is 12.8 Å². The Kier molecular flexibility index (Phi) is 6.41. The maximum absolute atomic E-state index is 12.1. The van der Waals surface area contributed by atoms with Gasteiger partial charge in [0.15, 0.2) is 0 Å². The normalized spacial score (nSPS) is 10.2. The molecule has 2 aromatic rings. The maximum atomic E-state index is 12.1. The van der Waals surface area contributed by atoms with Gasteiger partial charge < -0.3 is 15.0 Å². The zero-order valence-corrected chi connectivity index (χ0v) is 13.7. The molecule has 5 nitrogen and oxygen atoms in total. The molecule has 23 heavy (non-hydrogen) atoms. The number of hydrogen-bond donors (Lipinski definition) is 1. The highest BCUT2D eigenvalue weighted by Crippen LogP contribution is 2.16. The smallest absolute Gasteiger partial charge is 0.224 e. The number of aromatic nitrogens is 1. The van der Waals surface area contributed by atoms with Gasteiger partial charge in [-0.05, 0) is 36.2 Å². The molecule has 1 heterocycles. The molecule has 5 heteroatoms. The molecule has 0 aliphatic carbocycles. The van der Waals surface area contributed by atoms with E-state index in [4.69, 9.17) is 4.74 Å². The van der Waals surface area contributed by atoms with Crippen molar-refractivity contribution in [2.24, 2.45) is 0 Å². The molecule has 0 atom stereocenters. The number of methoxy groups -OCH3 is 1. The Bertz CT molecular complexity index is 617. The molecule has 1 amide bonds.